The lowest BCUT2D eigenvalue weighted by molar-refractivity contribution is 0.229. The number of nitrogens with one attached hydrogen (secondary N) is 2. The summed E-state index contributed by atoms with van der Waals surface area (Å²) in [6, 6.07) is 16.7. The van der Waals surface area contributed by atoms with Gasteiger partial charge in [0.2, 0.25) is 0 Å². The summed E-state index contributed by atoms with van der Waals surface area (Å²) < 4.78 is 35.7. The highest BCUT2D eigenvalue weighted by atomic mass is 32.2. The van der Waals surface area contributed by atoms with Crippen molar-refractivity contribution in [2.24, 2.45) is 4.99 Å². The lowest BCUT2D eigenvalue weighted by atomic mass is 10.2. The van der Waals surface area contributed by atoms with E-state index >= 15 is 0 Å². The molecule has 0 aliphatic heterocycles. The summed E-state index contributed by atoms with van der Waals surface area (Å²) in [5.41, 5.74) is 0.815. The lowest BCUT2D eigenvalue weighted by Gasteiger charge is -2.15. The first kappa shape index (κ1) is 24.5. The third-order valence-electron chi connectivity index (χ3n) is 4.38. The maximum atomic E-state index is 12.3. The van der Waals surface area contributed by atoms with Crippen molar-refractivity contribution in [3.05, 3.63) is 60.2 Å². The Bertz CT molecular complexity index is 917. The highest BCUT2D eigenvalue weighted by Gasteiger charge is 2.12. The van der Waals surface area contributed by atoms with E-state index in [0.29, 0.717) is 32.0 Å². The number of sulfone groups is 1. The van der Waals surface area contributed by atoms with Crippen LogP contribution in [0.3, 0.4) is 0 Å². The van der Waals surface area contributed by atoms with Crippen LogP contribution in [0.4, 0.5) is 0 Å². The molecule has 170 valence electrons. The van der Waals surface area contributed by atoms with Gasteiger partial charge in [-0.3, -0.25) is 0 Å². The summed E-state index contributed by atoms with van der Waals surface area (Å²) in [6.07, 6.45) is 0.379. The molecule has 0 saturated heterocycles. The van der Waals surface area contributed by atoms with Gasteiger partial charge in [0.25, 0.3) is 0 Å². The van der Waals surface area contributed by atoms with E-state index in [-0.39, 0.29) is 17.6 Å². The Labute approximate surface area is 185 Å². The van der Waals surface area contributed by atoms with Crippen LogP contribution in [0.1, 0.15) is 25.8 Å². The highest BCUT2D eigenvalue weighted by Crippen LogP contribution is 2.19. The van der Waals surface area contributed by atoms with Crippen molar-refractivity contribution in [1.82, 2.24) is 10.6 Å². The quantitative estimate of drug-likeness (QED) is 0.295. The molecule has 8 heteroatoms. The summed E-state index contributed by atoms with van der Waals surface area (Å²) in [5.74, 6) is 2.31. The van der Waals surface area contributed by atoms with Gasteiger partial charge in [-0.15, -0.1) is 0 Å². The maximum absolute atomic E-state index is 12.3. The van der Waals surface area contributed by atoms with Gasteiger partial charge in [-0.25, -0.2) is 13.4 Å². The molecule has 0 aliphatic rings. The van der Waals surface area contributed by atoms with Crippen LogP contribution in [0.25, 0.3) is 0 Å². The second kappa shape index (κ2) is 12.8. The van der Waals surface area contributed by atoms with Crippen LogP contribution in [0.2, 0.25) is 0 Å². The molecule has 1 unspecified atom stereocenters. The van der Waals surface area contributed by atoms with Gasteiger partial charge in [0.05, 0.1) is 25.2 Å². The fraction of sp³-hybridized carbons (Fsp3) is 0.435. The zero-order chi connectivity index (χ0) is 22.5. The van der Waals surface area contributed by atoms with E-state index < -0.39 is 9.84 Å². The van der Waals surface area contributed by atoms with E-state index in [1.54, 1.807) is 7.11 Å². The molecule has 2 rings (SSSR count). The Morgan fingerprint density at radius 2 is 1.81 bits per heavy atom. The number of methoxy groups -OCH3 is 1. The molecule has 0 saturated carbocycles. The van der Waals surface area contributed by atoms with Crippen molar-refractivity contribution in [3.63, 3.8) is 0 Å². The van der Waals surface area contributed by atoms with Gasteiger partial charge >= 0.3 is 0 Å². The van der Waals surface area contributed by atoms with Crippen molar-refractivity contribution >= 4 is 15.8 Å². The Morgan fingerprint density at radius 1 is 1.06 bits per heavy atom. The van der Waals surface area contributed by atoms with Crippen molar-refractivity contribution < 1.29 is 17.9 Å². The number of hydrogen-bond acceptors (Lipinski definition) is 5. The molecule has 0 heterocycles. The van der Waals surface area contributed by atoms with Crippen LogP contribution in [0.15, 0.2) is 59.6 Å². The van der Waals surface area contributed by atoms with E-state index in [4.69, 9.17) is 9.47 Å². The van der Waals surface area contributed by atoms with Gasteiger partial charge in [-0.2, -0.15) is 0 Å². The largest absolute Gasteiger partial charge is 0.497 e. The van der Waals surface area contributed by atoms with Gasteiger partial charge < -0.3 is 20.1 Å². The first-order valence-corrected chi connectivity index (χ1v) is 12.3. The third-order valence-corrected chi connectivity index (χ3v) is 6.07. The highest BCUT2D eigenvalue weighted by molar-refractivity contribution is 7.90. The van der Waals surface area contributed by atoms with E-state index in [1.165, 1.54) is 0 Å². The molecule has 31 heavy (non-hydrogen) atoms. The normalized spacial score (nSPS) is 12.8. The first-order valence-electron chi connectivity index (χ1n) is 10.5. The zero-order valence-corrected chi connectivity index (χ0v) is 19.3. The minimum atomic E-state index is -3.14. The van der Waals surface area contributed by atoms with Crippen molar-refractivity contribution in [2.75, 3.05) is 32.5 Å². The smallest absolute Gasteiger partial charge is 0.191 e. The Hall–Kier alpha value is -2.74. The maximum Gasteiger partial charge on any atom is 0.191 e. The lowest BCUT2D eigenvalue weighted by Crippen LogP contribution is -2.39. The molecule has 2 N–H and O–H groups in total. The van der Waals surface area contributed by atoms with Crippen molar-refractivity contribution in [3.8, 4) is 11.5 Å². The standard InChI is InChI=1S/C23H33N3O4S/c1-4-24-23(26-17-19(2)30-22-13-8-12-21(16-22)29-3)25-14-9-15-31(27,28)18-20-10-6-5-7-11-20/h5-8,10-13,16,19H,4,9,14-15,17-18H2,1-3H3,(H2,24,25,26). The summed E-state index contributed by atoms with van der Waals surface area (Å²) in [7, 11) is -1.52. The van der Waals surface area contributed by atoms with Crippen LogP contribution in [0.5, 0.6) is 11.5 Å². The zero-order valence-electron chi connectivity index (χ0n) is 18.5. The van der Waals surface area contributed by atoms with Gasteiger partial charge in [-0.05, 0) is 38.0 Å². The molecular weight excluding hydrogens is 414 g/mol. The number of nitrogens with zero attached hydrogens (tertiary/aromatic N) is 1. The predicted octanol–water partition coefficient (Wildman–Crippen LogP) is 3.02. The number of aliphatic imine (C=N–C) groups is 1. The number of hydrogen-bond donors (Lipinski definition) is 2. The molecule has 1 atom stereocenters. The van der Waals surface area contributed by atoms with Crippen molar-refractivity contribution in [2.45, 2.75) is 32.1 Å². The summed E-state index contributed by atoms with van der Waals surface area (Å²) >= 11 is 0. The van der Waals surface area contributed by atoms with E-state index in [2.05, 4.69) is 15.6 Å². The number of guanidine groups is 1. The number of rotatable bonds is 12. The number of ether oxygens (including phenoxy) is 2. The second-order valence-corrected chi connectivity index (χ2v) is 9.37. The van der Waals surface area contributed by atoms with Crippen LogP contribution >= 0.6 is 0 Å². The molecule has 0 aliphatic carbocycles. The Balaban J connectivity index is 1.78. The molecule has 0 spiro atoms. The summed E-state index contributed by atoms with van der Waals surface area (Å²) in [6.45, 7) is 5.62. The summed E-state index contributed by atoms with van der Waals surface area (Å²) in [5, 5.41) is 6.36. The fourth-order valence-electron chi connectivity index (χ4n) is 2.90. The SMILES string of the molecule is CCNC(=NCC(C)Oc1cccc(OC)c1)NCCCS(=O)(=O)Cc1ccccc1. The molecule has 0 radical (unpaired) electrons. The molecule has 2 aromatic carbocycles. The second-order valence-electron chi connectivity index (χ2n) is 7.19. The Kier molecular flexibility index (Phi) is 10.2. The van der Waals surface area contributed by atoms with Crippen LogP contribution in [-0.4, -0.2) is 53.0 Å². The van der Waals surface area contributed by atoms with E-state index in [0.717, 1.165) is 17.1 Å². The molecule has 7 nitrogen and oxygen atoms in total. The van der Waals surface area contributed by atoms with Crippen LogP contribution in [0, 0.1) is 0 Å². The fourth-order valence-corrected chi connectivity index (χ4v) is 4.33. The predicted molar refractivity (Wildman–Crippen MR) is 126 cm³/mol. The first-order chi connectivity index (χ1) is 14.9. The molecule has 0 aromatic heterocycles. The molecule has 0 fully saturated rings. The summed E-state index contributed by atoms with van der Waals surface area (Å²) in [4.78, 5) is 4.54. The van der Waals surface area contributed by atoms with Crippen LogP contribution in [-0.2, 0) is 15.6 Å². The van der Waals surface area contributed by atoms with Gasteiger partial charge in [-0.1, -0.05) is 36.4 Å². The number of benzene rings is 2. The molecular formula is C23H33N3O4S. The average Bonchev–Trinajstić information content (AvgIpc) is 2.75. The topological polar surface area (TPSA) is 89.0 Å². The van der Waals surface area contributed by atoms with Crippen LogP contribution < -0.4 is 20.1 Å². The van der Waals surface area contributed by atoms with Gasteiger partial charge in [0, 0.05) is 19.2 Å². The minimum absolute atomic E-state index is 0.0706. The van der Waals surface area contributed by atoms with E-state index in [9.17, 15) is 8.42 Å². The van der Waals surface area contributed by atoms with Gasteiger partial charge in [0.1, 0.15) is 17.6 Å². The average molecular weight is 448 g/mol. The monoisotopic (exact) mass is 447 g/mol. The molecule has 0 bridgehead atoms. The third kappa shape index (κ3) is 9.74. The van der Waals surface area contributed by atoms with Gasteiger partial charge in [0.15, 0.2) is 15.8 Å². The molecule has 2 aromatic rings. The molecule has 0 amide bonds. The minimum Gasteiger partial charge on any atom is -0.497 e. The van der Waals surface area contributed by atoms with Crippen molar-refractivity contribution in [1.29, 1.82) is 0 Å². The Morgan fingerprint density at radius 3 is 2.52 bits per heavy atom. The van der Waals surface area contributed by atoms with E-state index in [1.807, 2.05) is 68.4 Å².